The van der Waals surface area contributed by atoms with E-state index >= 15 is 0 Å². The van der Waals surface area contributed by atoms with Crippen LogP contribution in [0, 0.1) is 5.82 Å². The first-order valence-corrected chi connectivity index (χ1v) is 13.6. The summed E-state index contributed by atoms with van der Waals surface area (Å²) in [4.78, 5) is 29.8. The summed E-state index contributed by atoms with van der Waals surface area (Å²) < 4.78 is 18.8. The van der Waals surface area contributed by atoms with Gasteiger partial charge in [-0.05, 0) is 73.8 Å². The lowest BCUT2D eigenvalue weighted by Crippen LogP contribution is -2.43. The van der Waals surface area contributed by atoms with Crippen molar-refractivity contribution in [3.8, 4) is 0 Å². The first kappa shape index (κ1) is 24.7. The molecule has 2 saturated heterocycles. The van der Waals surface area contributed by atoms with Crippen LogP contribution in [0.15, 0.2) is 65.2 Å². The standard InChI is InChI=1S/C31H32FN3O3/c32-24-10-11-27-28(20-24)38-33-31(27)22-12-16-34(17-13-22)14-3-4-15-35-29(36)18-23(19-30(35)37)26-9-5-7-21-6-1-2-8-25(21)26/h1-2,5-11,20,22-23H,3-4,12-19H2. The zero-order valence-corrected chi connectivity index (χ0v) is 21.4. The van der Waals surface area contributed by atoms with Gasteiger partial charge in [0.1, 0.15) is 5.82 Å². The number of piperidine rings is 2. The van der Waals surface area contributed by atoms with Crippen LogP contribution in [0.25, 0.3) is 21.7 Å². The Kier molecular flexibility index (Phi) is 6.94. The number of imide groups is 1. The highest BCUT2D eigenvalue weighted by molar-refractivity contribution is 5.99. The third kappa shape index (κ3) is 4.95. The molecule has 2 fully saturated rings. The van der Waals surface area contributed by atoms with Gasteiger partial charge in [0, 0.05) is 42.7 Å². The molecular weight excluding hydrogens is 481 g/mol. The molecule has 0 bridgehead atoms. The van der Waals surface area contributed by atoms with Crippen molar-refractivity contribution in [3.63, 3.8) is 0 Å². The van der Waals surface area contributed by atoms with E-state index in [4.69, 9.17) is 4.52 Å². The van der Waals surface area contributed by atoms with E-state index in [0.717, 1.165) is 72.7 Å². The minimum Gasteiger partial charge on any atom is -0.356 e. The maximum absolute atomic E-state index is 13.5. The number of unbranched alkanes of at least 4 members (excludes halogenated alkanes) is 1. The van der Waals surface area contributed by atoms with Gasteiger partial charge in [-0.1, -0.05) is 47.6 Å². The lowest BCUT2D eigenvalue weighted by atomic mass is 9.85. The maximum atomic E-state index is 13.5. The maximum Gasteiger partial charge on any atom is 0.229 e. The molecular formula is C31H32FN3O3. The van der Waals surface area contributed by atoms with Crippen molar-refractivity contribution >= 4 is 33.6 Å². The molecule has 7 heteroatoms. The zero-order valence-electron chi connectivity index (χ0n) is 21.4. The van der Waals surface area contributed by atoms with Gasteiger partial charge < -0.3 is 9.42 Å². The second-order valence-electron chi connectivity index (χ2n) is 10.6. The van der Waals surface area contributed by atoms with Crippen LogP contribution in [0.5, 0.6) is 0 Å². The second kappa shape index (κ2) is 10.7. The molecule has 0 radical (unpaired) electrons. The van der Waals surface area contributed by atoms with Crippen molar-refractivity contribution in [2.75, 3.05) is 26.2 Å². The Morgan fingerprint density at radius 2 is 1.58 bits per heavy atom. The van der Waals surface area contributed by atoms with E-state index in [0.29, 0.717) is 30.9 Å². The lowest BCUT2D eigenvalue weighted by Gasteiger charge is -2.32. The fraction of sp³-hybridized carbons (Fsp3) is 0.387. The summed E-state index contributed by atoms with van der Waals surface area (Å²) in [5.74, 6) is -0.164. The van der Waals surface area contributed by atoms with E-state index in [2.05, 4.69) is 34.3 Å². The van der Waals surface area contributed by atoms with Crippen molar-refractivity contribution in [3.05, 3.63) is 77.7 Å². The molecule has 2 amide bonds. The average molecular weight is 514 g/mol. The van der Waals surface area contributed by atoms with Crippen LogP contribution in [0.1, 0.15) is 61.6 Å². The first-order chi connectivity index (χ1) is 18.6. The number of amides is 2. The highest BCUT2D eigenvalue weighted by Crippen LogP contribution is 2.35. The molecule has 3 heterocycles. The minimum absolute atomic E-state index is 0.0558. The second-order valence-corrected chi connectivity index (χ2v) is 10.6. The minimum atomic E-state index is -0.312. The quantitative estimate of drug-likeness (QED) is 0.224. The van der Waals surface area contributed by atoms with Gasteiger partial charge in [0.25, 0.3) is 0 Å². The summed E-state index contributed by atoms with van der Waals surface area (Å²) in [5, 5.41) is 7.41. The molecule has 3 aromatic carbocycles. The monoisotopic (exact) mass is 513 g/mol. The summed E-state index contributed by atoms with van der Waals surface area (Å²) in [5.41, 5.74) is 2.54. The van der Waals surface area contributed by atoms with Gasteiger partial charge in [0.15, 0.2) is 5.58 Å². The summed E-state index contributed by atoms with van der Waals surface area (Å²) in [7, 11) is 0. The lowest BCUT2D eigenvalue weighted by molar-refractivity contribution is -0.148. The molecule has 2 aliphatic rings. The van der Waals surface area contributed by atoms with E-state index < -0.39 is 0 Å². The number of halogens is 1. The Morgan fingerprint density at radius 1 is 0.842 bits per heavy atom. The zero-order chi connectivity index (χ0) is 26.1. The smallest absolute Gasteiger partial charge is 0.229 e. The number of hydrogen-bond donors (Lipinski definition) is 0. The van der Waals surface area contributed by atoms with Crippen molar-refractivity contribution in [1.29, 1.82) is 0 Å². The molecule has 2 aliphatic heterocycles. The fourth-order valence-corrected chi connectivity index (χ4v) is 6.19. The Morgan fingerprint density at radius 3 is 2.39 bits per heavy atom. The van der Waals surface area contributed by atoms with Gasteiger partial charge in [-0.25, -0.2) is 4.39 Å². The van der Waals surface area contributed by atoms with Crippen LogP contribution in [0.2, 0.25) is 0 Å². The third-order valence-electron chi connectivity index (χ3n) is 8.25. The SMILES string of the molecule is O=C1CC(c2cccc3ccccc23)CC(=O)N1CCCCN1CCC(c2noc3cc(F)ccc23)CC1. The highest BCUT2D eigenvalue weighted by Gasteiger charge is 2.33. The summed E-state index contributed by atoms with van der Waals surface area (Å²) >= 11 is 0. The summed E-state index contributed by atoms with van der Waals surface area (Å²) in [6, 6.07) is 18.9. The molecule has 196 valence electrons. The molecule has 0 spiro atoms. The van der Waals surface area contributed by atoms with Gasteiger partial charge in [-0.3, -0.25) is 14.5 Å². The van der Waals surface area contributed by atoms with Gasteiger partial charge in [-0.2, -0.15) is 0 Å². The first-order valence-electron chi connectivity index (χ1n) is 13.6. The van der Waals surface area contributed by atoms with Crippen molar-refractivity contribution in [1.82, 2.24) is 15.0 Å². The number of carbonyl (C=O) groups excluding carboxylic acids is 2. The molecule has 6 nitrogen and oxygen atoms in total. The molecule has 0 atom stereocenters. The van der Waals surface area contributed by atoms with Crippen LogP contribution in [-0.4, -0.2) is 52.9 Å². The number of rotatable bonds is 7. The Balaban J connectivity index is 0.969. The van der Waals surface area contributed by atoms with Gasteiger partial charge in [0.05, 0.1) is 5.69 Å². The van der Waals surface area contributed by atoms with Gasteiger partial charge in [-0.15, -0.1) is 0 Å². The van der Waals surface area contributed by atoms with Crippen LogP contribution in [0.3, 0.4) is 0 Å². The number of likely N-dealkylation sites (tertiary alicyclic amines) is 2. The normalized spacial score (nSPS) is 18.2. The van der Waals surface area contributed by atoms with E-state index in [-0.39, 0.29) is 23.5 Å². The van der Waals surface area contributed by atoms with Gasteiger partial charge >= 0.3 is 0 Å². The van der Waals surface area contributed by atoms with Crippen LogP contribution < -0.4 is 0 Å². The fourth-order valence-electron chi connectivity index (χ4n) is 6.19. The number of carbonyl (C=O) groups is 2. The third-order valence-corrected chi connectivity index (χ3v) is 8.25. The molecule has 0 unspecified atom stereocenters. The van der Waals surface area contributed by atoms with Crippen LogP contribution in [0.4, 0.5) is 4.39 Å². The van der Waals surface area contributed by atoms with E-state index in [1.165, 1.54) is 17.0 Å². The topological polar surface area (TPSA) is 66.7 Å². The number of aromatic nitrogens is 1. The van der Waals surface area contributed by atoms with Gasteiger partial charge in [0.2, 0.25) is 11.8 Å². The predicted molar refractivity (Wildman–Crippen MR) is 144 cm³/mol. The molecule has 6 rings (SSSR count). The molecule has 0 saturated carbocycles. The number of benzene rings is 3. The Labute approximate surface area is 221 Å². The van der Waals surface area contributed by atoms with Crippen molar-refractivity contribution < 1.29 is 18.5 Å². The molecule has 38 heavy (non-hydrogen) atoms. The summed E-state index contributed by atoms with van der Waals surface area (Å²) in [6.07, 6.45) is 4.50. The van der Waals surface area contributed by atoms with E-state index in [1.807, 2.05) is 18.2 Å². The largest absolute Gasteiger partial charge is 0.356 e. The van der Waals surface area contributed by atoms with E-state index in [9.17, 15) is 14.0 Å². The van der Waals surface area contributed by atoms with E-state index in [1.54, 1.807) is 6.07 Å². The molecule has 1 aromatic heterocycles. The van der Waals surface area contributed by atoms with Crippen molar-refractivity contribution in [2.45, 2.75) is 50.4 Å². The number of hydrogen-bond acceptors (Lipinski definition) is 5. The summed E-state index contributed by atoms with van der Waals surface area (Å²) in [6.45, 7) is 3.38. The van der Waals surface area contributed by atoms with Crippen LogP contribution in [-0.2, 0) is 9.59 Å². The number of fused-ring (bicyclic) bond motifs is 2. The van der Waals surface area contributed by atoms with Crippen molar-refractivity contribution in [2.24, 2.45) is 0 Å². The Bertz CT molecular complexity index is 1450. The average Bonchev–Trinajstić information content (AvgIpc) is 3.35. The van der Waals surface area contributed by atoms with Crippen LogP contribution >= 0.6 is 0 Å². The molecule has 4 aromatic rings. The number of nitrogens with zero attached hydrogens (tertiary/aromatic N) is 3. The highest BCUT2D eigenvalue weighted by atomic mass is 19.1. The predicted octanol–water partition coefficient (Wildman–Crippen LogP) is 6.01. The molecule has 0 N–H and O–H groups in total. The Hall–Kier alpha value is -3.58. The molecule has 0 aliphatic carbocycles.